The maximum Gasteiger partial charge on any atom is 0.131 e. The predicted octanol–water partition coefficient (Wildman–Crippen LogP) is 4.69. The van der Waals surface area contributed by atoms with Crippen LogP contribution in [0.5, 0.6) is 5.75 Å². The molecule has 1 saturated carbocycles. The first kappa shape index (κ1) is 14.4. The van der Waals surface area contributed by atoms with E-state index in [-0.39, 0.29) is 0 Å². The van der Waals surface area contributed by atoms with Gasteiger partial charge in [0.2, 0.25) is 0 Å². The molecule has 21 heavy (non-hydrogen) atoms. The fraction of sp³-hybridized carbons (Fsp3) is 0.474. The van der Waals surface area contributed by atoms with E-state index in [0.717, 1.165) is 24.8 Å². The van der Waals surface area contributed by atoms with Gasteiger partial charge >= 0.3 is 0 Å². The monoisotopic (exact) mass is 283 g/mol. The standard InChI is InChI=1S/C19H25NO/c1-3-20-14(2)17-11-10-16-6-4-5-7-18(16)19(17)21-13-12-15-8-9-15/h4-7,10-11,14-15,20H,3,8-9,12-13H2,1-2H3. The van der Waals surface area contributed by atoms with E-state index in [1.807, 2.05) is 0 Å². The molecule has 1 aliphatic rings. The van der Waals surface area contributed by atoms with Gasteiger partial charge in [0.25, 0.3) is 0 Å². The third kappa shape index (κ3) is 3.38. The van der Waals surface area contributed by atoms with Gasteiger partial charge in [-0.3, -0.25) is 0 Å². The van der Waals surface area contributed by atoms with Crippen molar-refractivity contribution in [2.24, 2.45) is 5.92 Å². The zero-order valence-electron chi connectivity index (χ0n) is 13.1. The van der Waals surface area contributed by atoms with Crippen LogP contribution in [-0.4, -0.2) is 13.2 Å². The molecule has 1 aliphatic carbocycles. The van der Waals surface area contributed by atoms with Crippen LogP contribution >= 0.6 is 0 Å². The minimum absolute atomic E-state index is 0.315. The van der Waals surface area contributed by atoms with E-state index in [9.17, 15) is 0 Å². The van der Waals surface area contributed by atoms with Crippen LogP contribution in [-0.2, 0) is 0 Å². The quantitative estimate of drug-likeness (QED) is 0.796. The molecule has 2 aromatic carbocycles. The van der Waals surface area contributed by atoms with Crippen LogP contribution in [0.2, 0.25) is 0 Å². The van der Waals surface area contributed by atoms with Crippen LogP contribution in [0.4, 0.5) is 0 Å². The highest BCUT2D eigenvalue weighted by atomic mass is 16.5. The number of fused-ring (bicyclic) bond motifs is 1. The van der Waals surface area contributed by atoms with Gasteiger partial charge in [-0.15, -0.1) is 0 Å². The van der Waals surface area contributed by atoms with Gasteiger partial charge in [-0.2, -0.15) is 0 Å². The summed E-state index contributed by atoms with van der Waals surface area (Å²) in [5.41, 5.74) is 1.27. The summed E-state index contributed by atoms with van der Waals surface area (Å²) in [4.78, 5) is 0. The number of hydrogen-bond donors (Lipinski definition) is 1. The summed E-state index contributed by atoms with van der Waals surface area (Å²) < 4.78 is 6.23. The average Bonchev–Trinajstić information content (AvgIpc) is 3.32. The zero-order chi connectivity index (χ0) is 14.7. The molecule has 0 heterocycles. The topological polar surface area (TPSA) is 21.3 Å². The van der Waals surface area contributed by atoms with Crippen LogP contribution < -0.4 is 10.1 Å². The first-order valence-corrected chi connectivity index (χ1v) is 8.17. The molecule has 2 aromatic rings. The van der Waals surface area contributed by atoms with E-state index in [1.54, 1.807) is 0 Å². The van der Waals surface area contributed by atoms with E-state index in [4.69, 9.17) is 4.74 Å². The molecule has 1 unspecified atom stereocenters. The van der Waals surface area contributed by atoms with Crippen molar-refractivity contribution < 1.29 is 4.74 Å². The average molecular weight is 283 g/mol. The Hall–Kier alpha value is -1.54. The molecule has 1 fully saturated rings. The molecular weight excluding hydrogens is 258 g/mol. The van der Waals surface area contributed by atoms with Crippen LogP contribution in [0.15, 0.2) is 36.4 Å². The fourth-order valence-corrected chi connectivity index (χ4v) is 2.91. The molecule has 3 rings (SSSR count). The van der Waals surface area contributed by atoms with Crippen molar-refractivity contribution in [3.05, 3.63) is 42.0 Å². The molecule has 0 bridgehead atoms. The Kier molecular flexibility index (Phi) is 4.45. The molecule has 112 valence electrons. The van der Waals surface area contributed by atoms with E-state index in [1.165, 1.54) is 35.6 Å². The summed E-state index contributed by atoms with van der Waals surface area (Å²) in [6.07, 6.45) is 3.97. The van der Waals surface area contributed by atoms with Crippen molar-refractivity contribution in [3.63, 3.8) is 0 Å². The first-order chi connectivity index (χ1) is 10.3. The first-order valence-electron chi connectivity index (χ1n) is 8.17. The van der Waals surface area contributed by atoms with E-state index >= 15 is 0 Å². The highest BCUT2D eigenvalue weighted by molar-refractivity contribution is 5.89. The molecule has 0 spiro atoms. The van der Waals surface area contributed by atoms with E-state index in [0.29, 0.717) is 6.04 Å². The summed E-state index contributed by atoms with van der Waals surface area (Å²) in [6.45, 7) is 6.16. The van der Waals surface area contributed by atoms with Crippen molar-refractivity contribution in [3.8, 4) is 5.75 Å². The molecule has 0 aliphatic heterocycles. The smallest absolute Gasteiger partial charge is 0.131 e. The lowest BCUT2D eigenvalue weighted by molar-refractivity contribution is 0.300. The van der Waals surface area contributed by atoms with Crippen molar-refractivity contribution in [2.45, 2.75) is 39.2 Å². The molecule has 0 radical (unpaired) electrons. The van der Waals surface area contributed by atoms with Gasteiger partial charge in [0.1, 0.15) is 5.75 Å². The van der Waals surface area contributed by atoms with E-state index < -0.39 is 0 Å². The number of rotatable bonds is 7. The fourth-order valence-electron chi connectivity index (χ4n) is 2.91. The zero-order valence-corrected chi connectivity index (χ0v) is 13.1. The minimum atomic E-state index is 0.315. The third-order valence-corrected chi connectivity index (χ3v) is 4.36. The van der Waals surface area contributed by atoms with E-state index in [2.05, 4.69) is 55.6 Å². The Morgan fingerprint density at radius 1 is 1.19 bits per heavy atom. The normalized spacial score (nSPS) is 16.1. The second kappa shape index (κ2) is 6.48. The number of nitrogens with one attached hydrogen (secondary N) is 1. The third-order valence-electron chi connectivity index (χ3n) is 4.36. The van der Waals surface area contributed by atoms with Crippen LogP contribution in [0.3, 0.4) is 0 Å². The van der Waals surface area contributed by atoms with Gasteiger partial charge in [-0.25, -0.2) is 0 Å². The highest BCUT2D eigenvalue weighted by Gasteiger charge is 2.21. The Labute approximate surface area is 127 Å². The highest BCUT2D eigenvalue weighted by Crippen LogP contribution is 2.36. The van der Waals surface area contributed by atoms with Gasteiger partial charge in [0.05, 0.1) is 6.61 Å². The summed E-state index contributed by atoms with van der Waals surface area (Å²) in [7, 11) is 0. The molecular formula is C19H25NO. The molecule has 2 heteroatoms. The minimum Gasteiger partial charge on any atom is -0.493 e. The Morgan fingerprint density at radius 3 is 2.76 bits per heavy atom. The van der Waals surface area contributed by atoms with Crippen molar-refractivity contribution in [1.29, 1.82) is 0 Å². The van der Waals surface area contributed by atoms with Crippen LogP contribution in [0.1, 0.15) is 44.7 Å². The summed E-state index contributed by atoms with van der Waals surface area (Å²) in [6, 6.07) is 13.2. The SMILES string of the molecule is CCNC(C)c1ccc2ccccc2c1OCCC1CC1. The van der Waals surface area contributed by atoms with Gasteiger partial charge in [0.15, 0.2) is 0 Å². The number of ether oxygens (including phenoxy) is 1. The molecule has 0 amide bonds. The lowest BCUT2D eigenvalue weighted by Gasteiger charge is -2.19. The predicted molar refractivity (Wildman–Crippen MR) is 88.9 cm³/mol. The second-order valence-corrected chi connectivity index (χ2v) is 6.06. The molecule has 2 nitrogen and oxygen atoms in total. The molecule has 0 saturated heterocycles. The van der Waals surface area contributed by atoms with Crippen LogP contribution in [0.25, 0.3) is 10.8 Å². The Balaban J connectivity index is 1.91. The van der Waals surface area contributed by atoms with Gasteiger partial charge < -0.3 is 10.1 Å². The molecule has 1 atom stereocenters. The summed E-state index contributed by atoms with van der Waals surface area (Å²) >= 11 is 0. The lowest BCUT2D eigenvalue weighted by atomic mass is 10.0. The summed E-state index contributed by atoms with van der Waals surface area (Å²) in [5.74, 6) is 1.98. The second-order valence-electron chi connectivity index (χ2n) is 6.06. The van der Waals surface area contributed by atoms with Crippen molar-refractivity contribution >= 4 is 10.8 Å². The Bertz CT molecular complexity index is 604. The summed E-state index contributed by atoms with van der Waals surface area (Å²) in [5, 5.41) is 5.99. The molecule has 0 aromatic heterocycles. The van der Waals surface area contributed by atoms with Crippen LogP contribution in [0, 0.1) is 5.92 Å². The largest absolute Gasteiger partial charge is 0.493 e. The molecule has 1 N–H and O–H groups in total. The van der Waals surface area contributed by atoms with Crippen molar-refractivity contribution in [2.75, 3.05) is 13.2 Å². The number of hydrogen-bond acceptors (Lipinski definition) is 2. The number of benzene rings is 2. The van der Waals surface area contributed by atoms with Crippen molar-refractivity contribution in [1.82, 2.24) is 5.32 Å². The maximum atomic E-state index is 6.23. The lowest BCUT2D eigenvalue weighted by Crippen LogP contribution is -2.18. The van der Waals surface area contributed by atoms with Gasteiger partial charge in [-0.05, 0) is 31.2 Å². The maximum absolute atomic E-state index is 6.23. The van der Waals surface area contributed by atoms with Gasteiger partial charge in [0, 0.05) is 17.0 Å². The Morgan fingerprint density at radius 2 is 2.00 bits per heavy atom. The van der Waals surface area contributed by atoms with Gasteiger partial charge in [-0.1, -0.05) is 56.2 Å².